The summed E-state index contributed by atoms with van der Waals surface area (Å²) in [5, 5.41) is 8.91. The molecular weight excluding hydrogens is 286 g/mol. The summed E-state index contributed by atoms with van der Waals surface area (Å²) in [6.45, 7) is 0. The molecule has 4 heteroatoms. The molecule has 0 aliphatic carbocycles. The van der Waals surface area contributed by atoms with Crippen LogP contribution in [0.25, 0.3) is 0 Å². The summed E-state index contributed by atoms with van der Waals surface area (Å²) in [5.74, 6) is 0. The van der Waals surface area contributed by atoms with Gasteiger partial charge >= 0.3 is 6.03 Å². The third-order valence-corrected chi connectivity index (χ3v) is 3.21. The van der Waals surface area contributed by atoms with Gasteiger partial charge in [0, 0.05) is 22.7 Å². The van der Waals surface area contributed by atoms with Crippen molar-refractivity contribution in [2.24, 2.45) is 0 Å². The summed E-state index contributed by atoms with van der Waals surface area (Å²) in [6.07, 6.45) is 0. The van der Waals surface area contributed by atoms with Crippen LogP contribution in [0.5, 0.6) is 0 Å². The number of rotatable bonds is 4. The van der Waals surface area contributed by atoms with Crippen molar-refractivity contribution in [1.29, 1.82) is 0 Å². The Morgan fingerprint density at radius 3 is 1.78 bits per heavy atom. The third kappa shape index (κ3) is 4.35. The summed E-state index contributed by atoms with van der Waals surface area (Å²) < 4.78 is 0. The van der Waals surface area contributed by atoms with Gasteiger partial charge in [-0.2, -0.15) is 0 Å². The third-order valence-electron chi connectivity index (χ3n) is 3.21. The molecule has 3 rings (SSSR count). The molecule has 23 heavy (non-hydrogen) atoms. The van der Waals surface area contributed by atoms with Crippen LogP contribution in [-0.2, 0) is 0 Å². The van der Waals surface area contributed by atoms with Crippen molar-refractivity contribution in [2.75, 3.05) is 16.0 Å². The van der Waals surface area contributed by atoms with Crippen LogP contribution in [0, 0.1) is 0 Å². The van der Waals surface area contributed by atoms with Crippen LogP contribution >= 0.6 is 0 Å². The van der Waals surface area contributed by atoms with Gasteiger partial charge in [-0.3, -0.25) is 0 Å². The van der Waals surface area contributed by atoms with Crippen molar-refractivity contribution in [3.05, 3.63) is 84.9 Å². The van der Waals surface area contributed by atoms with Crippen molar-refractivity contribution < 1.29 is 4.79 Å². The molecule has 0 aliphatic heterocycles. The molecule has 3 N–H and O–H groups in total. The van der Waals surface area contributed by atoms with E-state index in [1.54, 1.807) is 0 Å². The lowest BCUT2D eigenvalue weighted by molar-refractivity contribution is 0.262. The topological polar surface area (TPSA) is 53.2 Å². The Bertz CT molecular complexity index is 773. The van der Waals surface area contributed by atoms with E-state index in [2.05, 4.69) is 16.0 Å². The SMILES string of the molecule is O=C(Nc1ccccc1)Nc1cccc(Nc2ccccc2)c1. The zero-order chi connectivity index (χ0) is 15.9. The van der Waals surface area contributed by atoms with Crippen molar-refractivity contribution in [3.8, 4) is 0 Å². The van der Waals surface area contributed by atoms with Crippen molar-refractivity contribution in [2.45, 2.75) is 0 Å². The average molecular weight is 303 g/mol. The van der Waals surface area contributed by atoms with Crippen LogP contribution in [0.4, 0.5) is 27.5 Å². The maximum absolute atomic E-state index is 12.0. The summed E-state index contributed by atoms with van der Waals surface area (Å²) in [7, 11) is 0. The Balaban J connectivity index is 1.64. The molecule has 2 amide bonds. The Hall–Kier alpha value is -3.27. The van der Waals surface area contributed by atoms with E-state index in [1.807, 2.05) is 84.9 Å². The van der Waals surface area contributed by atoms with Gasteiger partial charge in [0.15, 0.2) is 0 Å². The molecule has 0 saturated carbocycles. The van der Waals surface area contributed by atoms with E-state index in [0.29, 0.717) is 0 Å². The van der Waals surface area contributed by atoms with E-state index in [1.165, 1.54) is 0 Å². The summed E-state index contributed by atoms with van der Waals surface area (Å²) >= 11 is 0. The standard InChI is InChI=1S/C19H17N3O/c23-19(21-16-10-5-2-6-11-16)22-18-13-7-12-17(14-18)20-15-8-3-1-4-9-15/h1-14,20H,(H2,21,22,23). The highest BCUT2D eigenvalue weighted by atomic mass is 16.2. The zero-order valence-corrected chi connectivity index (χ0v) is 12.5. The van der Waals surface area contributed by atoms with Crippen molar-refractivity contribution in [1.82, 2.24) is 0 Å². The molecule has 0 aromatic heterocycles. The van der Waals surface area contributed by atoms with Crippen LogP contribution in [-0.4, -0.2) is 6.03 Å². The fourth-order valence-electron chi connectivity index (χ4n) is 2.18. The number of anilines is 4. The molecule has 0 atom stereocenters. The first-order valence-electron chi connectivity index (χ1n) is 7.35. The second kappa shape index (κ2) is 7.13. The van der Waals surface area contributed by atoms with Gasteiger partial charge in [-0.1, -0.05) is 42.5 Å². The smallest absolute Gasteiger partial charge is 0.323 e. The van der Waals surface area contributed by atoms with Crippen LogP contribution in [0.2, 0.25) is 0 Å². The summed E-state index contributed by atoms with van der Waals surface area (Å²) in [5.41, 5.74) is 3.38. The molecule has 0 heterocycles. The highest BCUT2D eigenvalue weighted by Crippen LogP contribution is 2.20. The molecule has 0 aliphatic rings. The second-order valence-electron chi connectivity index (χ2n) is 5.02. The van der Waals surface area contributed by atoms with Gasteiger partial charge in [0.05, 0.1) is 0 Å². The largest absolute Gasteiger partial charge is 0.355 e. The molecular formula is C19H17N3O. The minimum Gasteiger partial charge on any atom is -0.355 e. The minimum atomic E-state index is -0.270. The van der Waals surface area contributed by atoms with Crippen LogP contribution in [0.15, 0.2) is 84.9 Å². The van der Waals surface area contributed by atoms with Gasteiger partial charge < -0.3 is 16.0 Å². The predicted molar refractivity (Wildman–Crippen MR) is 95.3 cm³/mol. The van der Waals surface area contributed by atoms with Gasteiger partial charge in [0.25, 0.3) is 0 Å². The Kier molecular flexibility index (Phi) is 4.55. The Labute approximate surface area is 135 Å². The number of benzene rings is 3. The molecule has 114 valence electrons. The van der Waals surface area contributed by atoms with E-state index < -0.39 is 0 Å². The highest BCUT2D eigenvalue weighted by Gasteiger charge is 2.03. The quantitative estimate of drug-likeness (QED) is 0.630. The number of urea groups is 1. The Morgan fingerprint density at radius 1 is 0.565 bits per heavy atom. The normalized spacial score (nSPS) is 9.91. The monoisotopic (exact) mass is 303 g/mol. The molecule has 4 nitrogen and oxygen atoms in total. The van der Waals surface area contributed by atoms with Gasteiger partial charge in [-0.25, -0.2) is 4.79 Å². The lowest BCUT2D eigenvalue weighted by atomic mass is 10.2. The van der Waals surface area contributed by atoms with E-state index >= 15 is 0 Å². The van der Waals surface area contributed by atoms with Crippen LogP contribution < -0.4 is 16.0 Å². The van der Waals surface area contributed by atoms with Crippen molar-refractivity contribution >= 4 is 28.8 Å². The fourth-order valence-corrected chi connectivity index (χ4v) is 2.18. The number of carbonyl (C=O) groups is 1. The molecule has 0 unspecified atom stereocenters. The first-order chi connectivity index (χ1) is 11.3. The van der Waals surface area contributed by atoms with Gasteiger partial charge in [-0.15, -0.1) is 0 Å². The molecule has 0 fully saturated rings. The summed E-state index contributed by atoms with van der Waals surface area (Å²) in [4.78, 5) is 12.0. The van der Waals surface area contributed by atoms with E-state index in [-0.39, 0.29) is 6.03 Å². The lowest BCUT2D eigenvalue weighted by Gasteiger charge is -2.10. The maximum Gasteiger partial charge on any atom is 0.323 e. The molecule has 3 aromatic carbocycles. The molecule has 3 aromatic rings. The van der Waals surface area contributed by atoms with Crippen LogP contribution in [0.1, 0.15) is 0 Å². The van der Waals surface area contributed by atoms with Gasteiger partial charge in [0.1, 0.15) is 0 Å². The lowest BCUT2D eigenvalue weighted by Crippen LogP contribution is -2.19. The van der Waals surface area contributed by atoms with Crippen LogP contribution in [0.3, 0.4) is 0 Å². The molecule has 0 radical (unpaired) electrons. The molecule has 0 bridgehead atoms. The summed E-state index contributed by atoms with van der Waals surface area (Å²) in [6, 6.07) is 26.5. The number of para-hydroxylation sites is 2. The minimum absolute atomic E-state index is 0.270. The maximum atomic E-state index is 12.0. The van der Waals surface area contributed by atoms with Gasteiger partial charge in [-0.05, 0) is 42.5 Å². The van der Waals surface area contributed by atoms with E-state index in [0.717, 1.165) is 22.7 Å². The molecule has 0 spiro atoms. The fraction of sp³-hybridized carbons (Fsp3) is 0. The Morgan fingerprint density at radius 2 is 1.09 bits per heavy atom. The second-order valence-corrected chi connectivity index (χ2v) is 5.02. The van der Waals surface area contributed by atoms with E-state index in [4.69, 9.17) is 0 Å². The first kappa shape index (κ1) is 14.7. The number of hydrogen-bond donors (Lipinski definition) is 3. The number of carbonyl (C=O) groups excluding carboxylic acids is 1. The number of hydrogen-bond acceptors (Lipinski definition) is 2. The predicted octanol–water partition coefficient (Wildman–Crippen LogP) is 5.07. The van der Waals surface area contributed by atoms with Gasteiger partial charge in [0.2, 0.25) is 0 Å². The first-order valence-corrected chi connectivity index (χ1v) is 7.35. The van der Waals surface area contributed by atoms with Crippen molar-refractivity contribution in [3.63, 3.8) is 0 Å². The number of nitrogens with one attached hydrogen (secondary N) is 3. The van der Waals surface area contributed by atoms with E-state index in [9.17, 15) is 4.79 Å². The molecule has 0 saturated heterocycles. The number of amides is 2. The average Bonchev–Trinajstić information content (AvgIpc) is 2.57. The highest BCUT2D eigenvalue weighted by molar-refractivity contribution is 6.00. The zero-order valence-electron chi connectivity index (χ0n) is 12.5.